The Labute approximate surface area is 189 Å². The molecular weight excluding hydrogens is 412 g/mol. The van der Waals surface area contributed by atoms with Gasteiger partial charge in [0.25, 0.3) is 5.91 Å². The Hall–Kier alpha value is -2.71. The lowest BCUT2D eigenvalue weighted by Gasteiger charge is -2.17. The fraction of sp³-hybridized carbons (Fsp3) is 0.542. The van der Waals surface area contributed by atoms with E-state index in [1.165, 1.54) is 0 Å². The highest BCUT2D eigenvalue weighted by Gasteiger charge is 2.12. The van der Waals surface area contributed by atoms with Crippen LogP contribution in [-0.2, 0) is 14.2 Å². The standard InChI is InChI=1S/C24H34N2O6/c27-18-20-8-10-22(11-9-20)23(28)25-12-14-30-16-17-31-15-13-26-24(29)32-19-21-6-4-2-1-3-5-7-21/h1-2,8-11,18,21H,3-7,12-17,19H2,(H,25,28)(H,26,29)/b2-1-/t21-/m1/s1. The van der Waals surface area contributed by atoms with Crippen molar-refractivity contribution >= 4 is 18.3 Å². The number of carbonyl (C=O) groups excluding carboxylic acids is 3. The molecule has 8 nitrogen and oxygen atoms in total. The van der Waals surface area contributed by atoms with Crippen molar-refractivity contribution in [3.63, 3.8) is 0 Å². The maximum absolute atomic E-state index is 11.9. The van der Waals surface area contributed by atoms with Gasteiger partial charge in [0.05, 0.1) is 33.0 Å². The van der Waals surface area contributed by atoms with Gasteiger partial charge in [0.15, 0.2) is 0 Å². The fourth-order valence-electron chi connectivity index (χ4n) is 3.25. The SMILES string of the molecule is O=Cc1ccc(C(=O)NCCOCCOCCNC(=O)OC[C@@H]2CC/C=C\CCC2)cc1. The molecule has 2 rings (SSSR count). The summed E-state index contributed by atoms with van der Waals surface area (Å²) in [6.07, 6.45) is 10.2. The third kappa shape index (κ3) is 11.1. The van der Waals surface area contributed by atoms with Crippen molar-refractivity contribution in [1.82, 2.24) is 10.6 Å². The van der Waals surface area contributed by atoms with Crippen molar-refractivity contribution in [2.75, 3.05) is 46.1 Å². The average Bonchev–Trinajstić information content (AvgIpc) is 2.79. The van der Waals surface area contributed by atoms with Crippen LogP contribution in [0.4, 0.5) is 4.79 Å². The molecule has 32 heavy (non-hydrogen) atoms. The van der Waals surface area contributed by atoms with Gasteiger partial charge in [0.2, 0.25) is 0 Å². The molecule has 1 aromatic carbocycles. The Bertz CT molecular complexity index is 720. The second kappa shape index (κ2) is 16.0. The van der Waals surface area contributed by atoms with Crippen LogP contribution in [0.2, 0.25) is 0 Å². The summed E-state index contributed by atoms with van der Waals surface area (Å²) < 4.78 is 16.1. The zero-order valence-corrected chi connectivity index (χ0v) is 18.6. The first-order valence-corrected chi connectivity index (χ1v) is 11.2. The first kappa shape index (κ1) is 25.5. The van der Waals surface area contributed by atoms with Crippen LogP contribution in [0.5, 0.6) is 0 Å². The van der Waals surface area contributed by atoms with Crippen molar-refractivity contribution in [3.05, 3.63) is 47.5 Å². The molecule has 8 heteroatoms. The minimum Gasteiger partial charge on any atom is -0.449 e. The molecule has 2 amide bonds. The second-order valence-electron chi connectivity index (χ2n) is 7.59. The van der Waals surface area contributed by atoms with E-state index in [1.54, 1.807) is 24.3 Å². The van der Waals surface area contributed by atoms with Gasteiger partial charge in [-0.05, 0) is 50.2 Å². The molecule has 0 aliphatic heterocycles. The zero-order valence-electron chi connectivity index (χ0n) is 18.6. The lowest BCUT2D eigenvalue weighted by molar-refractivity contribution is 0.0483. The molecule has 0 heterocycles. The van der Waals surface area contributed by atoms with E-state index in [9.17, 15) is 14.4 Å². The number of alkyl carbamates (subject to hydrolysis) is 1. The van der Waals surface area contributed by atoms with Crippen LogP contribution in [-0.4, -0.2) is 64.4 Å². The highest BCUT2D eigenvalue weighted by Crippen LogP contribution is 2.18. The summed E-state index contributed by atoms with van der Waals surface area (Å²) in [5.74, 6) is 0.221. The van der Waals surface area contributed by atoms with Crippen molar-refractivity contribution < 1.29 is 28.6 Å². The third-order valence-electron chi connectivity index (χ3n) is 5.07. The quantitative estimate of drug-likeness (QED) is 0.274. The van der Waals surface area contributed by atoms with Gasteiger partial charge in [0.1, 0.15) is 6.29 Å². The van der Waals surface area contributed by atoms with Crippen LogP contribution in [0.1, 0.15) is 52.8 Å². The minimum absolute atomic E-state index is 0.216. The smallest absolute Gasteiger partial charge is 0.407 e. The van der Waals surface area contributed by atoms with Gasteiger partial charge in [-0.2, -0.15) is 0 Å². The Morgan fingerprint density at radius 1 is 0.906 bits per heavy atom. The number of hydrogen-bond donors (Lipinski definition) is 2. The molecule has 2 N–H and O–H groups in total. The molecule has 176 valence electrons. The maximum Gasteiger partial charge on any atom is 0.407 e. The predicted molar refractivity (Wildman–Crippen MR) is 121 cm³/mol. The van der Waals surface area contributed by atoms with Gasteiger partial charge in [0, 0.05) is 24.2 Å². The van der Waals surface area contributed by atoms with E-state index in [0.717, 1.165) is 38.4 Å². The van der Waals surface area contributed by atoms with Crippen molar-refractivity contribution in [3.8, 4) is 0 Å². The number of carbonyl (C=O) groups is 3. The highest BCUT2D eigenvalue weighted by atomic mass is 16.5. The average molecular weight is 447 g/mol. The summed E-state index contributed by atoms with van der Waals surface area (Å²) in [6, 6.07) is 6.41. The van der Waals surface area contributed by atoms with Gasteiger partial charge in [-0.15, -0.1) is 0 Å². The number of aldehydes is 1. The molecule has 1 atom stereocenters. The van der Waals surface area contributed by atoms with E-state index in [1.807, 2.05) is 0 Å². The summed E-state index contributed by atoms with van der Waals surface area (Å²) in [5.41, 5.74) is 1.02. The third-order valence-corrected chi connectivity index (χ3v) is 5.07. The molecule has 0 saturated heterocycles. The number of rotatable bonds is 13. The number of nitrogens with one attached hydrogen (secondary N) is 2. The van der Waals surface area contributed by atoms with Crippen LogP contribution in [0.3, 0.4) is 0 Å². The van der Waals surface area contributed by atoms with Crippen molar-refractivity contribution in [2.45, 2.75) is 32.1 Å². The van der Waals surface area contributed by atoms with Crippen LogP contribution in [0.15, 0.2) is 36.4 Å². The molecule has 1 aliphatic rings. The van der Waals surface area contributed by atoms with Gasteiger partial charge in [-0.1, -0.05) is 24.3 Å². The molecule has 0 saturated carbocycles. The lowest BCUT2D eigenvalue weighted by Crippen LogP contribution is -2.30. The summed E-state index contributed by atoms with van der Waals surface area (Å²) in [4.78, 5) is 34.3. The van der Waals surface area contributed by atoms with E-state index in [0.29, 0.717) is 63.2 Å². The predicted octanol–water partition coefficient (Wildman–Crippen LogP) is 3.12. The van der Waals surface area contributed by atoms with Crippen LogP contribution in [0.25, 0.3) is 0 Å². The zero-order chi connectivity index (χ0) is 22.9. The number of allylic oxidation sites excluding steroid dienone is 2. The van der Waals surface area contributed by atoms with Gasteiger partial charge >= 0.3 is 6.09 Å². The van der Waals surface area contributed by atoms with Gasteiger partial charge < -0.3 is 24.8 Å². The fourth-order valence-corrected chi connectivity index (χ4v) is 3.25. The van der Waals surface area contributed by atoms with E-state index >= 15 is 0 Å². The Morgan fingerprint density at radius 2 is 1.59 bits per heavy atom. The molecule has 0 radical (unpaired) electrons. The molecule has 0 fully saturated rings. The van der Waals surface area contributed by atoms with Crippen LogP contribution >= 0.6 is 0 Å². The molecule has 0 bridgehead atoms. The molecule has 1 aliphatic carbocycles. The summed E-state index contributed by atoms with van der Waals surface area (Å²) >= 11 is 0. The monoisotopic (exact) mass is 446 g/mol. The van der Waals surface area contributed by atoms with Gasteiger partial charge in [-0.3, -0.25) is 9.59 Å². The number of amides is 2. The van der Waals surface area contributed by atoms with E-state index in [2.05, 4.69) is 22.8 Å². The first-order valence-electron chi connectivity index (χ1n) is 11.2. The normalized spacial score (nSPS) is 16.9. The summed E-state index contributed by atoms with van der Waals surface area (Å²) in [5, 5.41) is 5.43. The number of benzene rings is 1. The first-order chi connectivity index (χ1) is 15.7. The lowest BCUT2D eigenvalue weighted by atomic mass is 9.95. The second-order valence-corrected chi connectivity index (χ2v) is 7.59. The van der Waals surface area contributed by atoms with E-state index in [4.69, 9.17) is 14.2 Å². The summed E-state index contributed by atoms with van der Waals surface area (Å²) in [7, 11) is 0. The Balaban J connectivity index is 1.39. The molecule has 0 aromatic heterocycles. The van der Waals surface area contributed by atoms with E-state index < -0.39 is 6.09 Å². The van der Waals surface area contributed by atoms with Gasteiger partial charge in [-0.25, -0.2) is 4.79 Å². The van der Waals surface area contributed by atoms with Crippen molar-refractivity contribution in [1.29, 1.82) is 0 Å². The minimum atomic E-state index is -0.404. The van der Waals surface area contributed by atoms with E-state index in [-0.39, 0.29) is 5.91 Å². The Morgan fingerprint density at radius 3 is 2.31 bits per heavy atom. The largest absolute Gasteiger partial charge is 0.449 e. The van der Waals surface area contributed by atoms with Crippen LogP contribution < -0.4 is 10.6 Å². The van der Waals surface area contributed by atoms with Crippen molar-refractivity contribution in [2.24, 2.45) is 5.92 Å². The topological polar surface area (TPSA) is 103 Å². The maximum atomic E-state index is 11.9. The molecule has 0 spiro atoms. The number of hydrogen-bond acceptors (Lipinski definition) is 6. The highest BCUT2D eigenvalue weighted by molar-refractivity contribution is 5.94. The summed E-state index contributed by atoms with van der Waals surface area (Å²) in [6.45, 7) is 2.75. The molecule has 1 aromatic rings. The number of ether oxygens (including phenoxy) is 3. The molecule has 0 unspecified atom stereocenters. The Kier molecular flexibility index (Phi) is 12.8. The molecular formula is C24H34N2O6. The van der Waals surface area contributed by atoms with Crippen LogP contribution in [0, 0.1) is 5.92 Å².